The summed E-state index contributed by atoms with van der Waals surface area (Å²) in [5.74, 6) is 0.0707. The van der Waals surface area contributed by atoms with Crippen molar-refractivity contribution in [1.82, 2.24) is 9.88 Å². The molecule has 0 atom stereocenters. The number of hydrogen-bond donors (Lipinski definition) is 1. The van der Waals surface area contributed by atoms with Crippen LogP contribution in [0.3, 0.4) is 0 Å². The number of carbonyl (C=O) groups excluding carboxylic acids is 1. The maximum Gasteiger partial charge on any atom is 0.254 e. The Morgan fingerprint density at radius 3 is 2.66 bits per heavy atom. The zero-order chi connectivity index (χ0) is 26.1. The van der Waals surface area contributed by atoms with Gasteiger partial charge in [0.1, 0.15) is 5.00 Å². The predicted molar refractivity (Wildman–Crippen MR) is 160 cm³/mol. The average molecular weight is 544 g/mol. The Labute approximate surface area is 233 Å². The minimum absolute atomic E-state index is 0.0707. The number of benzene rings is 2. The zero-order valence-electron chi connectivity index (χ0n) is 21.9. The molecule has 0 bridgehead atoms. The highest BCUT2D eigenvalue weighted by atomic mass is 35.5. The van der Waals surface area contributed by atoms with Crippen LogP contribution in [0.4, 0.5) is 5.00 Å². The molecule has 2 heterocycles. The molecule has 0 radical (unpaired) electrons. The minimum Gasteiger partial charge on any atom is -0.349 e. The number of thiophene rings is 1. The first-order chi connectivity index (χ1) is 18.6. The summed E-state index contributed by atoms with van der Waals surface area (Å²) < 4.78 is 2.31. The van der Waals surface area contributed by atoms with Crippen molar-refractivity contribution >= 4 is 51.0 Å². The maximum atomic E-state index is 13.6. The SMILES string of the molecule is Cc1c(C=Nc2sc3c(c2C(=O)NC2CCCCC2)CCCC3)c2ccccc2n1Cc1ccccc1Cl. The molecule has 1 amide bonds. The van der Waals surface area contributed by atoms with Crippen LogP contribution in [0.15, 0.2) is 53.5 Å². The Morgan fingerprint density at radius 1 is 1.05 bits per heavy atom. The highest BCUT2D eigenvalue weighted by molar-refractivity contribution is 7.16. The smallest absolute Gasteiger partial charge is 0.254 e. The summed E-state index contributed by atoms with van der Waals surface area (Å²) in [5, 5.41) is 6.16. The van der Waals surface area contributed by atoms with Crippen molar-refractivity contribution < 1.29 is 4.79 Å². The molecular weight excluding hydrogens is 510 g/mol. The maximum absolute atomic E-state index is 13.6. The number of nitrogens with zero attached hydrogens (tertiary/aromatic N) is 2. The fourth-order valence-electron chi connectivity index (χ4n) is 6.13. The van der Waals surface area contributed by atoms with Crippen LogP contribution in [0, 0.1) is 6.92 Å². The number of para-hydroxylation sites is 1. The van der Waals surface area contributed by atoms with E-state index < -0.39 is 0 Å². The van der Waals surface area contributed by atoms with E-state index in [1.807, 2.05) is 24.4 Å². The van der Waals surface area contributed by atoms with Crippen LogP contribution in [0.25, 0.3) is 10.9 Å². The largest absolute Gasteiger partial charge is 0.349 e. The Hall–Kier alpha value is -2.89. The van der Waals surface area contributed by atoms with Gasteiger partial charge in [-0.05, 0) is 68.7 Å². The number of carbonyl (C=O) groups is 1. The van der Waals surface area contributed by atoms with Crippen LogP contribution in [-0.4, -0.2) is 22.7 Å². The number of halogens is 1. The van der Waals surface area contributed by atoms with Gasteiger partial charge >= 0.3 is 0 Å². The van der Waals surface area contributed by atoms with E-state index >= 15 is 0 Å². The molecule has 196 valence electrons. The van der Waals surface area contributed by atoms with Crippen LogP contribution < -0.4 is 5.32 Å². The van der Waals surface area contributed by atoms with Crippen molar-refractivity contribution in [2.24, 2.45) is 4.99 Å². The number of rotatable bonds is 6. The molecule has 0 spiro atoms. The second-order valence-corrected chi connectivity index (χ2v) is 12.1. The minimum atomic E-state index is 0.0707. The number of aryl methyl sites for hydroxylation is 1. The Balaban J connectivity index is 1.37. The summed E-state index contributed by atoms with van der Waals surface area (Å²) in [7, 11) is 0. The first-order valence-corrected chi connectivity index (χ1v) is 15.1. The predicted octanol–water partition coefficient (Wildman–Crippen LogP) is 8.40. The van der Waals surface area contributed by atoms with Gasteiger partial charge in [0.2, 0.25) is 0 Å². The molecule has 2 aromatic carbocycles. The van der Waals surface area contributed by atoms with Gasteiger partial charge in [-0.1, -0.05) is 67.3 Å². The summed E-state index contributed by atoms with van der Waals surface area (Å²) >= 11 is 8.23. The third kappa shape index (κ3) is 4.94. The zero-order valence-corrected chi connectivity index (χ0v) is 23.5. The fourth-order valence-corrected chi connectivity index (χ4v) is 7.55. The molecule has 0 aliphatic heterocycles. The van der Waals surface area contributed by atoms with Crippen molar-refractivity contribution in [3.05, 3.63) is 86.4 Å². The van der Waals surface area contributed by atoms with E-state index in [-0.39, 0.29) is 11.9 Å². The van der Waals surface area contributed by atoms with Crippen LogP contribution in [0.2, 0.25) is 5.02 Å². The van der Waals surface area contributed by atoms with Crippen molar-refractivity contribution in [3.63, 3.8) is 0 Å². The summed E-state index contributed by atoms with van der Waals surface area (Å²) in [4.78, 5) is 20.0. The first-order valence-electron chi connectivity index (χ1n) is 13.9. The monoisotopic (exact) mass is 543 g/mol. The molecule has 38 heavy (non-hydrogen) atoms. The quantitative estimate of drug-likeness (QED) is 0.244. The molecular formula is C32H34ClN3OS. The van der Waals surface area contributed by atoms with E-state index in [0.29, 0.717) is 6.54 Å². The van der Waals surface area contributed by atoms with Gasteiger partial charge in [0.15, 0.2) is 0 Å². The molecule has 6 rings (SSSR count). The Morgan fingerprint density at radius 2 is 1.82 bits per heavy atom. The van der Waals surface area contributed by atoms with Gasteiger partial charge in [-0.25, -0.2) is 4.99 Å². The van der Waals surface area contributed by atoms with Crippen LogP contribution in [0.5, 0.6) is 0 Å². The molecule has 0 unspecified atom stereocenters. The Kier molecular flexibility index (Phi) is 7.40. The molecule has 1 N–H and O–H groups in total. The number of nitrogens with one attached hydrogen (secondary N) is 1. The lowest BCUT2D eigenvalue weighted by Crippen LogP contribution is -2.36. The van der Waals surface area contributed by atoms with Crippen molar-refractivity contribution in [2.75, 3.05) is 0 Å². The topological polar surface area (TPSA) is 46.4 Å². The van der Waals surface area contributed by atoms with Crippen LogP contribution in [-0.2, 0) is 19.4 Å². The number of aliphatic imine (C=N–C) groups is 1. The van der Waals surface area contributed by atoms with Crippen LogP contribution >= 0.6 is 22.9 Å². The molecule has 6 heteroatoms. The molecule has 0 saturated heterocycles. The summed E-state index contributed by atoms with van der Waals surface area (Å²) in [6, 6.07) is 16.8. The molecule has 1 saturated carbocycles. The van der Waals surface area contributed by atoms with Gasteiger partial charge in [-0.3, -0.25) is 4.79 Å². The number of aromatic nitrogens is 1. The molecule has 2 aromatic heterocycles. The third-order valence-corrected chi connectivity index (χ3v) is 9.77. The number of fused-ring (bicyclic) bond motifs is 2. The van der Waals surface area contributed by atoms with Gasteiger partial charge in [0.05, 0.1) is 5.56 Å². The van der Waals surface area contributed by atoms with Gasteiger partial charge < -0.3 is 9.88 Å². The van der Waals surface area contributed by atoms with Crippen molar-refractivity contribution in [1.29, 1.82) is 0 Å². The lowest BCUT2D eigenvalue weighted by molar-refractivity contribution is 0.0927. The number of amides is 1. The third-order valence-electron chi connectivity index (χ3n) is 8.20. The lowest BCUT2D eigenvalue weighted by Gasteiger charge is -2.23. The Bertz CT molecular complexity index is 1510. The fraction of sp³-hybridized carbons (Fsp3) is 0.375. The normalized spacial score (nSPS) is 16.3. The first kappa shape index (κ1) is 25.4. The van der Waals surface area contributed by atoms with Gasteiger partial charge in [-0.2, -0.15) is 0 Å². The van der Waals surface area contributed by atoms with E-state index in [1.54, 1.807) is 11.3 Å². The summed E-state index contributed by atoms with van der Waals surface area (Å²) in [6.45, 7) is 2.84. The number of hydrogen-bond acceptors (Lipinski definition) is 3. The molecule has 2 aliphatic rings. The average Bonchev–Trinajstić information content (AvgIpc) is 3.44. The second-order valence-electron chi connectivity index (χ2n) is 10.7. The second kappa shape index (κ2) is 11.1. The highest BCUT2D eigenvalue weighted by Gasteiger charge is 2.27. The summed E-state index contributed by atoms with van der Waals surface area (Å²) in [6.07, 6.45) is 12.2. The summed E-state index contributed by atoms with van der Waals surface area (Å²) in [5.41, 5.74) is 6.55. The molecule has 4 aromatic rings. The van der Waals surface area contributed by atoms with Crippen molar-refractivity contribution in [3.8, 4) is 0 Å². The molecule has 1 fully saturated rings. The van der Waals surface area contributed by atoms with Crippen molar-refractivity contribution in [2.45, 2.75) is 77.3 Å². The van der Waals surface area contributed by atoms with Gasteiger partial charge in [0, 0.05) is 50.9 Å². The van der Waals surface area contributed by atoms with E-state index in [9.17, 15) is 4.79 Å². The van der Waals surface area contributed by atoms with Gasteiger partial charge in [0.25, 0.3) is 5.91 Å². The molecule has 2 aliphatic carbocycles. The van der Waals surface area contributed by atoms with E-state index in [1.165, 1.54) is 36.1 Å². The van der Waals surface area contributed by atoms with E-state index in [0.717, 1.165) is 75.4 Å². The standard InChI is InChI=1S/C32H34ClN3OS/c1-21-26(24-14-6-9-17-28(24)36(21)20-22-11-5-8-16-27(22)33)19-34-32-30(25-15-7-10-18-29(25)38-32)31(37)35-23-12-3-2-4-13-23/h5-6,8-9,11,14,16-17,19,23H,2-4,7,10,12-13,15,18,20H2,1H3,(H,35,37). The van der Waals surface area contributed by atoms with E-state index in [4.69, 9.17) is 16.6 Å². The highest BCUT2D eigenvalue weighted by Crippen LogP contribution is 2.40. The lowest BCUT2D eigenvalue weighted by atomic mass is 9.93. The van der Waals surface area contributed by atoms with Crippen LogP contribution in [0.1, 0.15) is 82.6 Å². The van der Waals surface area contributed by atoms with E-state index in [2.05, 4.69) is 47.1 Å². The molecule has 4 nitrogen and oxygen atoms in total. The van der Waals surface area contributed by atoms with Gasteiger partial charge in [-0.15, -0.1) is 11.3 Å².